The van der Waals surface area contributed by atoms with E-state index in [0.717, 1.165) is 18.1 Å². The molecule has 10 heteroatoms. The standard InChI is InChI=1S/C30H29F7O3/c1-5-27(6-2,22-10-12-24(18(4)14-22)28(40,29(32,33)34)30(35,36)37)21-9-11-23(17(3)13-21)19-7-8-20(16-26(38)39)25(31)15-19/h7-15,40H,5-6,16H2,1-4H3,(H,38,39). The second-order valence-electron chi connectivity index (χ2n) is 9.93. The average molecular weight is 571 g/mol. The van der Waals surface area contributed by atoms with E-state index in [1.807, 2.05) is 19.9 Å². The number of alkyl halides is 6. The molecule has 0 amide bonds. The van der Waals surface area contributed by atoms with Crippen LogP contribution in [0.5, 0.6) is 0 Å². The van der Waals surface area contributed by atoms with Gasteiger partial charge in [0.05, 0.1) is 6.42 Å². The Hall–Kier alpha value is -3.40. The molecule has 0 bridgehead atoms. The van der Waals surface area contributed by atoms with Gasteiger partial charge in [-0.05, 0) is 71.7 Å². The van der Waals surface area contributed by atoms with E-state index in [1.165, 1.54) is 24.3 Å². The van der Waals surface area contributed by atoms with Crippen LogP contribution in [0.1, 0.15) is 60.1 Å². The van der Waals surface area contributed by atoms with Crippen molar-refractivity contribution >= 4 is 5.97 Å². The molecule has 3 aromatic carbocycles. The van der Waals surface area contributed by atoms with Gasteiger partial charge in [-0.3, -0.25) is 4.79 Å². The minimum absolute atomic E-state index is 0.0447. The minimum atomic E-state index is -5.98. The van der Waals surface area contributed by atoms with Gasteiger partial charge in [0.1, 0.15) is 5.82 Å². The van der Waals surface area contributed by atoms with Crippen molar-refractivity contribution in [1.82, 2.24) is 0 Å². The normalized spacial score (nSPS) is 13.0. The van der Waals surface area contributed by atoms with Crippen LogP contribution in [0.4, 0.5) is 30.7 Å². The van der Waals surface area contributed by atoms with Crippen LogP contribution in [0, 0.1) is 19.7 Å². The molecule has 0 fully saturated rings. The smallest absolute Gasteiger partial charge is 0.430 e. The summed E-state index contributed by atoms with van der Waals surface area (Å²) in [6.45, 7) is 6.61. The van der Waals surface area contributed by atoms with E-state index in [4.69, 9.17) is 5.11 Å². The van der Waals surface area contributed by atoms with Crippen LogP contribution in [0.15, 0.2) is 54.6 Å². The van der Waals surface area contributed by atoms with Crippen molar-refractivity contribution in [1.29, 1.82) is 0 Å². The van der Waals surface area contributed by atoms with Crippen molar-refractivity contribution in [3.8, 4) is 11.1 Å². The number of benzene rings is 3. The number of carbonyl (C=O) groups is 1. The van der Waals surface area contributed by atoms with Crippen molar-refractivity contribution in [3.63, 3.8) is 0 Å². The highest BCUT2D eigenvalue weighted by Crippen LogP contribution is 2.51. The van der Waals surface area contributed by atoms with Gasteiger partial charge in [-0.1, -0.05) is 62.4 Å². The molecular weight excluding hydrogens is 541 g/mol. The number of hydrogen-bond acceptors (Lipinski definition) is 2. The van der Waals surface area contributed by atoms with Gasteiger partial charge < -0.3 is 10.2 Å². The summed E-state index contributed by atoms with van der Waals surface area (Å²) in [5.74, 6) is -1.82. The highest BCUT2D eigenvalue weighted by molar-refractivity contribution is 5.72. The van der Waals surface area contributed by atoms with Crippen molar-refractivity contribution in [2.75, 3.05) is 0 Å². The molecule has 0 radical (unpaired) electrons. The number of carboxylic acid groups (broad SMARTS) is 1. The van der Waals surface area contributed by atoms with Crippen LogP contribution in [-0.4, -0.2) is 28.5 Å². The van der Waals surface area contributed by atoms with Crippen LogP contribution < -0.4 is 0 Å². The summed E-state index contributed by atoms with van der Waals surface area (Å²) in [4.78, 5) is 10.9. The maximum atomic E-state index is 14.5. The largest absolute Gasteiger partial charge is 0.481 e. The van der Waals surface area contributed by atoms with Gasteiger partial charge in [0, 0.05) is 11.0 Å². The molecule has 3 nitrogen and oxygen atoms in total. The van der Waals surface area contributed by atoms with Crippen molar-refractivity contribution < 1.29 is 45.7 Å². The molecule has 0 unspecified atom stereocenters. The fourth-order valence-corrected chi connectivity index (χ4v) is 5.37. The Morgan fingerprint density at radius 2 is 1.30 bits per heavy atom. The monoisotopic (exact) mass is 570 g/mol. The van der Waals surface area contributed by atoms with Crippen molar-refractivity contribution in [2.24, 2.45) is 0 Å². The SMILES string of the molecule is CCC(CC)(c1ccc(-c2ccc(CC(=O)O)c(F)c2)c(C)c1)c1ccc(C(O)(C(F)(F)F)C(F)(F)F)c(C)c1. The van der Waals surface area contributed by atoms with Crippen molar-refractivity contribution in [2.45, 2.75) is 70.3 Å². The molecule has 3 aromatic rings. The number of aryl methyl sites for hydroxylation is 2. The summed E-state index contributed by atoms with van der Waals surface area (Å²) in [7, 11) is 0. The van der Waals surface area contributed by atoms with Crippen LogP contribution in [-0.2, 0) is 22.2 Å². The molecule has 0 atom stereocenters. The van der Waals surface area contributed by atoms with Gasteiger partial charge in [-0.25, -0.2) is 4.39 Å². The Morgan fingerprint density at radius 1 is 0.775 bits per heavy atom. The molecule has 2 N–H and O–H groups in total. The lowest BCUT2D eigenvalue weighted by Gasteiger charge is -2.37. The fourth-order valence-electron chi connectivity index (χ4n) is 5.37. The molecule has 3 rings (SSSR count). The Labute approximate surface area is 227 Å². The lowest BCUT2D eigenvalue weighted by atomic mass is 9.69. The molecule has 0 aliphatic carbocycles. The Morgan fingerprint density at radius 3 is 1.73 bits per heavy atom. The van der Waals surface area contributed by atoms with E-state index in [2.05, 4.69) is 0 Å². The first-order valence-corrected chi connectivity index (χ1v) is 12.5. The van der Waals surface area contributed by atoms with Gasteiger partial charge in [0.2, 0.25) is 0 Å². The first-order valence-electron chi connectivity index (χ1n) is 12.5. The van der Waals surface area contributed by atoms with Crippen LogP contribution in [0.25, 0.3) is 11.1 Å². The number of rotatable bonds is 8. The minimum Gasteiger partial charge on any atom is -0.481 e. The molecule has 0 saturated carbocycles. The van der Waals surface area contributed by atoms with Gasteiger partial charge in [-0.2, -0.15) is 26.3 Å². The van der Waals surface area contributed by atoms with Crippen LogP contribution in [0.3, 0.4) is 0 Å². The maximum Gasteiger partial charge on any atom is 0.430 e. The average Bonchev–Trinajstić information content (AvgIpc) is 2.84. The molecule has 0 spiro atoms. The first kappa shape index (κ1) is 31.1. The Balaban J connectivity index is 2.10. The summed E-state index contributed by atoms with van der Waals surface area (Å²) >= 11 is 0. The molecule has 0 saturated heterocycles. The van der Waals surface area contributed by atoms with Crippen molar-refractivity contribution in [3.05, 3.63) is 93.8 Å². The predicted molar refractivity (Wildman–Crippen MR) is 136 cm³/mol. The number of halogens is 7. The van der Waals surface area contributed by atoms with E-state index in [9.17, 15) is 40.6 Å². The number of carboxylic acids is 1. The molecule has 0 aliphatic rings. The van der Waals surface area contributed by atoms with Gasteiger partial charge >= 0.3 is 18.3 Å². The highest BCUT2D eigenvalue weighted by Gasteiger charge is 2.71. The van der Waals surface area contributed by atoms with E-state index >= 15 is 0 Å². The van der Waals surface area contributed by atoms with E-state index in [-0.39, 0.29) is 11.1 Å². The third-order valence-corrected chi connectivity index (χ3v) is 7.68. The fraction of sp³-hybridized carbons (Fsp3) is 0.367. The predicted octanol–water partition coefficient (Wildman–Crippen LogP) is 8.15. The quantitative estimate of drug-likeness (QED) is 0.269. The number of aliphatic carboxylic acids is 1. The molecule has 0 aliphatic heterocycles. The van der Waals surface area contributed by atoms with E-state index in [1.54, 1.807) is 25.1 Å². The number of aliphatic hydroxyl groups is 1. The zero-order valence-electron chi connectivity index (χ0n) is 22.3. The lowest BCUT2D eigenvalue weighted by molar-refractivity contribution is -0.376. The third kappa shape index (κ3) is 5.33. The molecule has 0 aromatic heterocycles. The lowest BCUT2D eigenvalue weighted by Crippen LogP contribution is -2.54. The molecule has 40 heavy (non-hydrogen) atoms. The second-order valence-corrected chi connectivity index (χ2v) is 9.93. The summed E-state index contributed by atoms with van der Waals surface area (Å²) < 4.78 is 95.5. The summed E-state index contributed by atoms with van der Waals surface area (Å²) in [5, 5.41) is 18.8. The first-order chi connectivity index (χ1) is 18.4. The third-order valence-electron chi connectivity index (χ3n) is 7.68. The highest BCUT2D eigenvalue weighted by atomic mass is 19.4. The van der Waals surface area contributed by atoms with E-state index < -0.39 is 47.1 Å². The van der Waals surface area contributed by atoms with Crippen LogP contribution >= 0.6 is 0 Å². The van der Waals surface area contributed by atoms with E-state index in [0.29, 0.717) is 35.6 Å². The maximum absolute atomic E-state index is 14.5. The Kier molecular flexibility index (Phi) is 8.46. The molecule has 216 valence electrons. The second kappa shape index (κ2) is 10.9. The van der Waals surface area contributed by atoms with Crippen LogP contribution in [0.2, 0.25) is 0 Å². The summed E-state index contributed by atoms with van der Waals surface area (Å²) in [5.41, 5.74) is -4.20. The number of hydrogen-bond donors (Lipinski definition) is 2. The zero-order valence-corrected chi connectivity index (χ0v) is 22.3. The molecular formula is C30H29F7O3. The summed E-state index contributed by atoms with van der Waals surface area (Å²) in [6.07, 6.45) is -11.5. The van der Waals surface area contributed by atoms with Gasteiger partial charge in [0.15, 0.2) is 0 Å². The van der Waals surface area contributed by atoms with Gasteiger partial charge in [0.25, 0.3) is 5.60 Å². The molecule has 0 heterocycles. The zero-order chi connectivity index (χ0) is 30.3. The Bertz CT molecular complexity index is 1390. The van der Waals surface area contributed by atoms with Gasteiger partial charge in [-0.15, -0.1) is 0 Å². The summed E-state index contributed by atoms with van der Waals surface area (Å²) in [6, 6.07) is 12.8. The topological polar surface area (TPSA) is 57.5 Å².